The first-order valence-electron chi connectivity index (χ1n) is 5.19. The van der Waals surface area contributed by atoms with Gasteiger partial charge in [-0.15, -0.1) is 0 Å². The van der Waals surface area contributed by atoms with Crippen molar-refractivity contribution in [3.05, 3.63) is 22.7 Å². The standard InChI is InChI=1S/C10H14BrN3O/c11-7-8-3-1-2-6-14(8)9-10(15)13-5-4-12-9/h4-5,8H,1-3,6-7H2,(H,13,15). The van der Waals surface area contributed by atoms with E-state index in [9.17, 15) is 4.79 Å². The summed E-state index contributed by atoms with van der Waals surface area (Å²) in [6, 6.07) is 0.398. The molecule has 2 heterocycles. The number of aromatic amines is 1. The first-order valence-corrected chi connectivity index (χ1v) is 6.31. The molecular formula is C10H14BrN3O. The molecule has 1 aromatic heterocycles. The highest BCUT2D eigenvalue weighted by atomic mass is 79.9. The Morgan fingerprint density at radius 2 is 2.47 bits per heavy atom. The van der Waals surface area contributed by atoms with Crippen LogP contribution >= 0.6 is 15.9 Å². The van der Waals surface area contributed by atoms with Gasteiger partial charge in [0.05, 0.1) is 0 Å². The van der Waals surface area contributed by atoms with Crippen molar-refractivity contribution < 1.29 is 0 Å². The van der Waals surface area contributed by atoms with E-state index in [4.69, 9.17) is 0 Å². The molecule has 1 N–H and O–H groups in total. The lowest BCUT2D eigenvalue weighted by molar-refractivity contribution is 0.486. The van der Waals surface area contributed by atoms with Crippen LogP contribution in [-0.4, -0.2) is 27.9 Å². The minimum atomic E-state index is -0.0923. The molecule has 1 aliphatic heterocycles. The van der Waals surface area contributed by atoms with Crippen molar-refractivity contribution in [3.8, 4) is 0 Å². The van der Waals surface area contributed by atoms with Crippen LogP contribution in [0.5, 0.6) is 0 Å². The van der Waals surface area contributed by atoms with E-state index >= 15 is 0 Å². The van der Waals surface area contributed by atoms with Gasteiger partial charge < -0.3 is 9.88 Å². The molecule has 1 atom stereocenters. The summed E-state index contributed by atoms with van der Waals surface area (Å²) >= 11 is 3.49. The number of hydrogen-bond acceptors (Lipinski definition) is 3. The Kier molecular flexibility index (Phi) is 3.41. The molecule has 0 bridgehead atoms. The van der Waals surface area contributed by atoms with Crippen LogP contribution in [0.2, 0.25) is 0 Å². The summed E-state index contributed by atoms with van der Waals surface area (Å²) in [5.41, 5.74) is -0.0923. The van der Waals surface area contributed by atoms with Crippen molar-refractivity contribution in [2.45, 2.75) is 25.3 Å². The fourth-order valence-electron chi connectivity index (χ4n) is 1.99. The zero-order valence-electron chi connectivity index (χ0n) is 8.45. The van der Waals surface area contributed by atoms with E-state index in [1.165, 1.54) is 6.42 Å². The van der Waals surface area contributed by atoms with Gasteiger partial charge in [0.1, 0.15) is 0 Å². The van der Waals surface area contributed by atoms with Gasteiger partial charge in [-0.3, -0.25) is 4.79 Å². The van der Waals surface area contributed by atoms with Crippen LogP contribution in [0.3, 0.4) is 0 Å². The predicted molar refractivity (Wildman–Crippen MR) is 63.6 cm³/mol. The zero-order valence-corrected chi connectivity index (χ0v) is 10.0. The molecule has 15 heavy (non-hydrogen) atoms. The van der Waals surface area contributed by atoms with Crippen LogP contribution in [0.15, 0.2) is 17.2 Å². The van der Waals surface area contributed by atoms with E-state index in [0.717, 1.165) is 24.7 Å². The Hall–Kier alpha value is -0.840. The third kappa shape index (κ3) is 2.22. The molecule has 4 nitrogen and oxygen atoms in total. The monoisotopic (exact) mass is 271 g/mol. The molecule has 0 amide bonds. The number of H-pyrrole nitrogens is 1. The molecule has 1 aliphatic rings. The van der Waals surface area contributed by atoms with Crippen molar-refractivity contribution in [1.82, 2.24) is 9.97 Å². The van der Waals surface area contributed by atoms with Gasteiger partial charge in [0.15, 0.2) is 5.82 Å². The summed E-state index contributed by atoms with van der Waals surface area (Å²) < 4.78 is 0. The van der Waals surface area contributed by atoms with E-state index < -0.39 is 0 Å². The van der Waals surface area contributed by atoms with Crippen LogP contribution in [0.4, 0.5) is 5.82 Å². The number of hydrogen-bond donors (Lipinski definition) is 1. The second-order valence-corrected chi connectivity index (χ2v) is 4.39. The van der Waals surface area contributed by atoms with Gasteiger partial charge in [0.25, 0.3) is 5.56 Å². The molecule has 1 saturated heterocycles. The Morgan fingerprint density at radius 3 is 3.20 bits per heavy atom. The molecular weight excluding hydrogens is 258 g/mol. The number of piperidine rings is 1. The average molecular weight is 272 g/mol. The van der Waals surface area contributed by atoms with E-state index in [1.807, 2.05) is 0 Å². The quantitative estimate of drug-likeness (QED) is 0.830. The summed E-state index contributed by atoms with van der Waals surface area (Å²) in [6.07, 6.45) is 6.70. The number of aromatic nitrogens is 2. The van der Waals surface area contributed by atoms with Gasteiger partial charge in [0.2, 0.25) is 0 Å². The zero-order chi connectivity index (χ0) is 10.7. The van der Waals surface area contributed by atoms with Gasteiger partial charge in [-0.05, 0) is 19.3 Å². The van der Waals surface area contributed by atoms with Crippen molar-refractivity contribution in [2.75, 3.05) is 16.8 Å². The van der Waals surface area contributed by atoms with E-state index in [0.29, 0.717) is 11.9 Å². The molecule has 0 saturated carbocycles. The maximum absolute atomic E-state index is 11.6. The summed E-state index contributed by atoms with van der Waals surface area (Å²) in [5.74, 6) is 0.557. The minimum Gasteiger partial charge on any atom is -0.348 e. The van der Waals surface area contributed by atoms with Gasteiger partial charge in [-0.1, -0.05) is 15.9 Å². The lowest BCUT2D eigenvalue weighted by Crippen LogP contribution is -2.43. The van der Waals surface area contributed by atoms with Crippen LogP contribution in [0.25, 0.3) is 0 Å². The van der Waals surface area contributed by atoms with Crippen molar-refractivity contribution in [2.24, 2.45) is 0 Å². The normalized spacial score (nSPS) is 21.7. The van der Waals surface area contributed by atoms with Crippen molar-refractivity contribution in [3.63, 3.8) is 0 Å². The SMILES string of the molecule is O=c1[nH]ccnc1N1CCCCC1CBr. The molecule has 0 aromatic carbocycles. The van der Waals surface area contributed by atoms with Crippen molar-refractivity contribution in [1.29, 1.82) is 0 Å². The largest absolute Gasteiger partial charge is 0.348 e. The molecule has 0 radical (unpaired) electrons. The molecule has 2 rings (SSSR count). The molecule has 1 fully saturated rings. The Balaban J connectivity index is 2.28. The van der Waals surface area contributed by atoms with E-state index in [1.54, 1.807) is 12.4 Å². The smallest absolute Gasteiger partial charge is 0.290 e. The summed E-state index contributed by atoms with van der Waals surface area (Å²) in [7, 11) is 0. The fourth-order valence-corrected chi connectivity index (χ4v) is 2.66. The minimum absolute atomic E-state index is 0.0923. The molecule has 1 unspecified atom stereocenters. The molecule has 0 spiro atoms. The summed E-state index contributed by atoms with van der Waals surface area (Å²) in [6.45, 7) is 0.927. The van der Waals surface area contributed by atoms with Gasteiger partial charge >= 0.3 is 0 Å². The average Bonchev–Trinajstić information content (AvgIpc) is 2.30. The first kappa shape index (κ1) is 10.7. The summed E-state index contributed by atoms with van der Waals surface area (Å²) in [4.78, 5) is 20.5. The Bertz CT molecular complexity index is 379. The second kappa shape index (κ2) is 4.79. The number of alkyl halides is 1. The number of nitrogens with zero attached hydrogens (tertiary/aromatic N) is 2. The third-order valence-electron chi connectivity index (χ3n) is 2.77. The lowest BCUT2D eigenvalue weighted by Gasteiger charge is -2.34. The number of rotatable bonds is 2. The van der Waals surface area contributed by atoms with Crippen molar-refractivity contribution >= 4 is 21.7 Å². The Labute approximate surface area is 96.8 Å². The summed E-state index contributed by atoms with van der Waals surface area (Å²) in [5, 5.41) is 0.892. The lowest BCUT2D eigenvalue weighted by atomic mass is 10.0. The third-order valence-corrected chi connectivity index (χ3v) is 3.51. The van der Waals surface area contributed by atoms with E-state index in [2.05, 4.69) is 30.8 Å². The van der Waals surface area contributed by atoms with Gasteiger partial charge in [-0.25, -0.2) is 4.98 Å². The highest BCUT2D eigenvalue weighted by Gasteiger charge is 2.24. The molecule has 0 aliphatic carbocycles. The molecule has 5 heteroatoms. The molecule has 82 valence electrons. The maximum atomic E-state index is 11.6. The molecule has 1 aromatic rings. The van der Waals surface area contributed by atoms with E-state index in [-0.39, 0.29) is 5.56 Å². The van der Waals surface area contributed by atoms with Crippen LogP contribution in [0, 0.1) is 0 Å². The highest BCUT2D eigenvalue weighted by molar-refractivity contribution is 9.09. The first-order chi connectivity index (χ1) is 7.33. The topological polar surface area (TPSA) is 49.0 Å². The van der Waals surface area contributed by atoms with Gasteiger partial charge in [-0.2, -0.15) is 0 Å². The second-order valence-electron chi connectivity index (χ2n) is 3.74. The van der Waals surface area contributed by atoms with Crippen LogP contribution in [0.1, 0.15) is 19.3 Å². The van der Waals surface area contributed by atoms with Gasteiger partial charge in [0, 0.05) is 30.3 Å². The number of nitrogens with one attached hydrogen (secondary N) is 1. The highest BCUT2D eigenvalue weighted by Crippen LogP contribution is 2.21. The van der Waals surface area contributed by atoms with Crippen LogP contribution in [-0.2, 0) is 0 Å². The number of halogens is 1. The number of anilines is 1. The maximum Gasteiger partial charge on any atom is 0.290 e. The Morgan fingerprint density at radius 1 is 1.60 bits per heavy atom. The predicted octanol–water partition coefficient (Wildman–Crippen LogP) is 1.52. The van der Waals surface area contributed by atoms with Crippen LogP contribution < -0.4 is 10.5 Å². The fraction of sp³-hybridized carbons (Fsp3) is 0.600.